The Morgan fingerprint density at radius 1 is 0.893 bits per heavy atom. The number of amides is 1. The number of carbonyl (C=O) groups excluding carboxylic acids is 1. The second-order valence-electron chi connectivity index (χ2n) is 9.77. The molecule has 6 nitrogen and oxygen atoms in total. The van der Waals surface area contributed by atoms with Gasteiger partial charge >= 0.3 is 0 Å². The van der Waals surface area contributed by atoms with Crippen LogP contribution in [0.2, 0.25) is 0 Å². The summed E-state index contributed by atoms with van der Waals surface area (Å²) in [6.45, 7) is 12.2. The molecule has 6 heteroatoms. The Bertz CT molecular complexity index is 505. The van der Waals surface area contributed by atoms with E-state index >= 15 is 0 Å². The fourth-order valence-electron chi connectivity index (χ4n) is 3.52. The smallest absolute Gasteiger partial charge is 0.251 e. The molecule has 0 bridgehead atoms. The van der Waals surface area contributed by atoms with Gasteiger partial charge in [-0.25, -0.2) is 0 Å². The van der Waals surface area contributed by atoms with Crippen molar-refractivity contribution in [1.82, 2.24) is 4.90 Å². The number of hydrogen-bond acceptors (Lipinski definition) is 5. The van der Waals surface area contributed by atoms with Gasteiger partial charge in [0.25, 0.3) is 5.91 Å². The van der Waals surface area contributed by atoms with Crippen molar-refractivity contribution in [2.45, 2.75) is 95.5 Å². The van der Waals surface area contributed by atoms with E-state index < -0.39 is 6.10 Å². The van der Waals surface area contributed by atoms with E-state index in [1.165, 1.54) is 25.7 Å². The highest BCUT2D eigenvalue weighted by Crippen LogP contribution is 2.33. The largest absolute Gasteiger partial charge is 0.368 e. The monoisotopic (exact) mass is 397 g/mol. The maximum Gasteiger partial charge on any atom is 0.251 e. The standard InChI is InChI=1S/C22H39NO5/c1-5-6-7-8-9-10-11-18(25-14-22(4)17-28-22)19(24)23(12-20(2)15-26-20)13-21(3)16-27-21/h18H,5-17H2,1-4H3. The number of epoxide rings is 3. The molecule has 0 aromatic carbocycles. The molecule has 0 N–H and O–H groups in total. The summed E-state index contributed by atoms with van der Waals surface area (Å²) in [6, 6.07) is 0. The van der Waals surface area contributed by atoms with Crippen molar-refractivity contribution in [3.63, 3.8) is 0 Å². The predicted octanol–water partition coefficient (Wildman–Crippen LogP) is 3.32. The van der Waals surface area contributed by atoms with Crippen molar-refractivity contribution in [3.8, 4) is 0 Å². The van der Waals surface area contributed by atoms with Crippen molar-refractivity contribution >= 4 is 5.91 Å². The maximum absolute atomic E-state index is 13.4. The number of carbonyl (C=O) groups is 1. The Balaban J connectivity index is 1.55. The second kappa shape index (κ2) is 8.99. The molecular formula is C22H39NO5. The Morgan fingerprint density at radius 2 is 1.39 bits per heavy atom. The van der Waals surface area contributed by atoms with Crippen LogP contribution in [0.1, 0.15) is 72.6 Å². The van der Waals surface area contributed by atoms with Crippen LogP contribution in [0.5, 0.6) is 0 Å². The maximum atomic E-state index is 13.4. The lowest BCUT2D eigenvalue weighted by atomic mass is 10.0. The minimum atomic E-state index is -0.406. The van der Waals surface area contributed by atoms with E-state index in [-0.39, 0.29) is 22.7 Å². The summed E-state index contributed by atoms with van der Waals surface area (Å²) < 4.78 is 22.7. The van der Waals surface area contributed by atoms with Gasteiger partial charge in [0.05, 0.1) is 39.5 Å². The van der Waals surface area contributed by atoms with Crippen molar-refractivity contribution in [2.75, 3.05) is 39.5 Å². The molecule has 4 atom stereocenters. The zero-order valence-electron chi connectivity index (χ0n) is 18.3. The Kier molecular flexibility index (Phi) is 7.06. The van der Waals surface area contributed by atoms with Gasteiger partial charge in [-0.2, -0.15) is 0 Å². The number of rotatable bonds is 15. The molecule has 0 saturated carbocycles. The predicted molar refractivity (Wildman–Crippen MR) is 107 cm³/mol. The van der Waals surface area contributed by atoms with Gasteiger partial charge in [-0.1, -0.05) is 45.4 Å². The van der Waals surface area contributed by atoms with Crippen molar-refractivity contribution in [1.29, 1.82) is 0 Å². The molecular weight excluding hydrogens is 358 g/mol. The van der Waals surface area contributed by atoms with Gasteiger partial charge in [0.1, 0.15) is 22.9 Å². The number of ether oxygens (including phenoxy) is 4. The van der Waals surface area contributed by atoms with Gasteiger partial charge < -0.3 is 23.8 Å². The number of hydrogen-bond donors (Lipinski definition) is 0. The minimum Gasteiger partial charge on any atom is -0.368 e. The van der Waals surface area contributed by atoms with Crippen molar-refractivity contribution in [2.24, 2.45) is 0 Å². The highest BCUT2D eigenvalue weighted by Gasteiger charge is 2.48. The van der Waals surface area contributed by atoms with Gasteiger partial charge in [-0.15, -0.1) is 0 Å². The zero-order valence-corrected chi connectivity index (χ0v) is 18.3. The molecule has 0 aromatic heterocycles. The molecule has 3 saturated heterocycles. The molecule has 3 rings (SSSR count). The molecule has 0 aromatic rings. The molecule has 3 heterocycles. The summed E-state index contributed by atoms with van der Waals surface area (Å²) in [5.74, 6) is 0.0752. The summed E-state index contributed by atoms with van der Waals surface area (Å²) in [7, 11) is 0. The molecule has 0 radical (unpaired) electrons. The molecule has 28 heavy (non-hydrogen) atoms. The molecule has 4 unspecified atom stereocenters. The van der Waals surface area contributed by atoms with E-state index in [0.29, 0.717) is 39.5 Å². The SMILES string of the molecule is CCCCCCCCC(OCC1(C)CO1)C(=O)N(CC1(C)CO1)CC1(C)CO1. The van der Waals surface area contributed by atoms with Crippen LogP contribution in [0.3, 0.4) is 0 Å². The zero-order chi connectivity index (χ0) is 20.3. The van der Waals surface area contributed by atoms with Crippen LogP contribution >= 0.6 is 0 Å². The van der Waals surface area contributed by atoms with E-state index in [0.717, 1.165) is 19.3 Å². The minimum absolute atomic E-state index is 0.0752. The highest BCUT2D eigenvalue weighted by molar-refractivity contribution is 5.81. The van der Waals surface area contributed by atoms with Gasteiger partial charge in [0.2, 0.25) is 0 Å². The normalized spacial score (nSPS) is 34.1. The third-order valence-electron chi connectivity index (χ3n) is 5.96. The molecule has 0 aliphatic carbocycles. The molecule has 3 aliphatic rings. The van der Waals surface area contributed by atoms with E-state index in [4.69, 9.17) is 18.9 Å². The lowest BCUT2D eigenvalue weighted by Crippen LogP contribution is -2.48. The molecule has 3 fully saturated rings. The van der Waals surface area contributed by atoms with Crippen LogP contribution in [-0.4, -0.2) is 73.2 Å². The van der Waals surface area contributed by atoms with Crippen LogP contribution in [0, 0.1) is 0 Å². The Morgan fingerprint density at radius 3 is 1.89 bits per heavy atom. The van der Waals surface area contributed by atoms with Crippen LogP contribution < -0.4 is 0 Å². The second-order valence-corrected chi connectivity index (χ2v) is 9.77. The van der Waals surface area contributed by atoms with E-state index in [2.05, 4.69) is 20.8 Å². The van der Waals surface area contributed by atoms with Crippen LogP contribution in [0.15, 0.2) is 0 Å². The number of nitrogens with zero attached hydrogens (tertiary/aromatic N) is 1. The third kappa shape index (κ3) is 6.97. The van der Waals surface area contributed by atoms with E-state index in [9.17, 15) is 4.79 Å². The first-order valence-corrected chi connectivity index (χ1v) is 11.1. The van der Waals surface area contributed by atoms with E-state index in [1.54, 1.807) is 0 Å². The molecule has 1 amide bonds. The first-order valence-electron chi connectivity index (χ1n) is 11.1. The highest BCUT2D eigenvalue weighted by atomic mass is 16.6. The summed E-state index contributed by atoms with van der Waals surface area (Å²) in [5, 5.41) is 0. The van der Waals surface area contributed by atoms with Crippen LogP contribution in [0.4, 0.5) is 0 Å². The third-order valence-corrected chi connectivity index (χ3v) is 5.96. The first-order chi connectivity index (χ1) is 13.3. The average molecular weight is 398 g/mol. The quantitative estimate of drug-likeness (QED) is 0.313. The summed E-state index contributed by atoms with van der Waals surface area (Å²) >= 11 is 0. The molecule has 162 valence electrons. The molecule has 3 aliphatic heterocycles. The van der Waals surface area contributed by atoms with Gasteiger partial charge in [-0.05, 0) is 27.2 Å². The lowest BCUT2D eigenvalue weighted by Gasteiger charge is -2.30. The van der Waals surface area contributed by atoms with Crippen molar-refractivity contribution < 1.29 is 23.7 Å². The van der Waals surface area contributed by atoms with Gasteiger partial charge in [0, 0.05) is 0 Å². The van der Waals surface area contributed by atoms with E-state index in [1.807, 2.05) is 11.8 Å². The summed E-state index contributed by atoms with van der Waals surface area (Å²) in [4.78, 5) is 15.3. The van der Waals surface area contributed by atoms with Crippen molar-refractivity contribution in [3.05, 3.63) is 0 Å². The first kappa shape index (κ1) is 22.0. The summed E-state index contributed by atoms with van der Waals surface area (Å²) in [5.41, 5.74) is -0.629. The number of unbranched alkanes of at least 4 members (excludes halogenated alkanes) is 5. The van der Waals surface area contributed by atoms with Gasteiger partial charge in [-0.3, -0.25) is 4.79 Å². The Hall–Kier alpha value is -0.690. The lowest BCUT2D eigenvalue weighted by molar-refractivity contribution is -0.147. The summed E-state index contributed by atoms with van der Waals surface area (Å²) in [6.07, 6.45) is 7.59. The van der Waals surface area contributed by atoms with Crippen LogP contribution in [-0.2, 0) is 23.7 Å². The topological polar surface area (TPSA) is 67.1 Å². The van der Waals surface area contributed by atoms with Crippen LogP contribution in [0.25, 0.3) is 0 Å². The fraction of sp³-hybridized carbons (Fsp3) is 0.955. The Labute approximate surface area is 170 Å². The fourth-order valence-corrected chi connectivity index (χ4v) is 3.52. The van der Waals surface area contributed by atoms with Gasteiger partial charge in [0.15, 0.2) is 0 Å². The molecule has 0 spiro atoms. The average Bonchev–Trinajstić information content (AvgIpc) is 3.59.